The Balaban J connectivity index is 1.83. The smallest absolute Gasteiger partial charge is 0.254 e. The van der Waals surface area contributed by atoms with Crippen LogP contribution in [0.25, 0.3) is 10.9 Å². The monoisotopic (exact) mass is 370 g/mol. The lowest BCUT2D eigenvalue weighted by Gasteiger charge is -2.20. The number of hydrogen-bond donors (Lipinski definition) is 0. The van der Waals surface area contributed by atoms with E-state index < -0.39 is 0 Å². The second-order valence-electron chi connectivity index (χ2n) is 6.90. The summed E-state index contributed by atoms with van der Waals surface area (Å²) in [6.45, 7) is 3.46. The molecule has 1 amide bonds. The summed E-state index contributed by atoms with van der Waals surface area (Å²) in [7, 11) is 0. The number of hydrazone groups is 1. The molecule has 5 rings (SSSR count). The number of carbonyl (C=O) groups is 3. The fourth-order valence-electron chi connectivity index (χ4n) is 3.75. The quantitative estimate of drug-likeness (QED) is 0.514. The van der Waals surface area contributed by atoms with Crippen molar-refractivity contribution in [2.24, 2.45) is 5.10 Å². The third-order valence-corrected chi connectivity index (χ3v) is 4.96. The van der Waals surface area contributed by atoms with E-state index in [1.54, 1.807) is 50.2 Å². The molecule has 3 aromatic rings. The molecular weight excluding hydrogens is 356 g/mol. The van der Waals surface area contributed by atoms with Gasteiger partial charge in [-0.1, -0.05) is 24.3 Å². The molecule has 1 aromatic heterocycles. The zero-order valence-corrected chi connectivity index (χ0v) is 15.2. The molecule has 28 heavy (non-hydrogen) atoms. The van der Waals surface area contributed by atoms with Crippen molar-refractivity contribution >= 4 is 39.9 Å². The number of nitrogens with zero attached hydrogens (tertiary/aromatic N) is 4. The Morgan fingerprint density at radius 1 is 0.857 bits per heavy atom. The molecule has 2 heterocycles. The Labute approximate surface area is 159 Å². The zero-order chi connectivity index (χ0) is 19.6. The van der Waals surface area contributed by atoms with Crippen molar-refractivity contribution in [3.05, 3.63) is 64.5 Å². The van der Waals surface area contributed by atoms with Crippen LogP contribution >= 0.6 is 0 Å². The van der Waals surface area contributed by atoms with E-state index in [0.29, 0.717) is 44.9 Å². The van der Waals surface area contributed by atoms with Gasteiger partial charge in [-0.15, -0.1) is 0 Å². The molecule has 2 aromatic carbocycles. The molecule has 2 aliphatic rings. The minimum Gasteiger partial charge on any atom is -0.289 e. The lowest BCUT2D eigenvalue weighted by atomic mass is 9.83. The van der Waals surface area contributed by atoms with E-state index in [-0.39, 0.29) is 29.5 Å². The summed E-state index contributed by atoms with van der Waals surface area (Å²) < 4.78 is 0. The SMILES string of the molecule is CC1=NN(c2nc(C)nc3c4c(ccc23)C(=O)c2ccccc2C4=O)C(=O)C1. The molecule has 0 atom stereocenters. The van der Waals surface area contributed by atoms with Gasteiger partial charge >= 0.3 is 0 Å². The first kappa shape index (κ1) is 16.4. The highest BCUT2D eigenvalue weighted by Crippen LogP contribution is 2.35. The number of aryl methyl sites for hydroxylation is 1. The minimum absolute atomic E-state index is 0.192. The summed E-state index contributed by atoms with van der Waals surface area (Å²) in [6.07, 6.45) is 0.222. The number of ketones is 2. The van der Waals surface area contributed by atoms with E-state index in [4.69, 9.17) is 0 Å². The molecule has 1 aliphatic heterocycles. The van der Waals surface area contributed by atoms with E-state index in [2.05, 4.69) is 15.1 Å². The molecule has 1 aliphatic carbocycles. The molecule has 7 nitrogen and oxygen atoms in total. The van der Waals surface area contributed by atoms with Crippen LogP contribution in [-0.4, -0.2) is 33.2 Å². The third kappa shape index (κ3) is 2.16. The summed E-state index contributed by atoms with van der Waals surface area (Å²) in [6, 6.07) is 10.0. The van der Waals surface area contributed by atoms with Gasteiger partial charge in [0, 0.05) is 27.8 Å². The number of carbonyl (C=O) groups excluding carboxylic acids is 3. The average Bonchev–Trinajstić information content (AvgIpc) is 3.02. The maximum absolute atomic E-state index is 13.2. The molecule has 7 heteroatoms. The van der Waals surface area contributed by atoms with Crippen molar-refractivity contribution in [3.63, 3.8) is 0 Å². The van der Waals surface area contributed by atoms with Gasteiger partial charge in [-0.05, 0) is 26.0 Å². The van der Waals surface area contributed by atoms with Crippen molar-refractivity contribution in [1.82, 2.24) is 9.97 Å². The number of benzene rings is 2. The predicted molar refractivity (Wildman–Crippen MR) is 103 cm³/mol. The molecule has 0 spiro atoms. The third-order valence-electron chi connectivity index (χ3n) is 4.96. The van der Waals surface area contributed by atoms with Crippen molar-refractivity contribution in [2.75, 3.05) is 5.01 Å². The topological polar surface area (TPSA) is 92.6 Å². The number of amides is 1. The number of rotatable bonds is 1. The molecule has 0 unspecified atom stereocenters. The summed E-state index contributed by atoms with van der Waals surface area (Å²) >= 11 is 0. The highest BCUT2D eigenvalue weighted by Gasteiger charge is 2.33. The van der Waals surface area contributed by atoms with E-state index in [9.17, 15) is 14.4 Å². The summed E-state index contributed by atoms with van der Waals surface area (Å²) in [5.74, 6) is 0.0551. The van der Waals surface area contributed by atoms with Gasteiger partial charge in [0.15, 0.2) is 17.4 Å². The second kappa shape index (κ2) is 5.63. The van der Waals surface area contributed by atoms with Gasteiger partial charge in [-0.25, -0.2) is 9.97 Å². The van der Waals surface area contributed by atoms with Crippen LogP contribution in [0.2, 0.25) is 0 Å². The van der Waals surface area contributed by atoms with Gasteiger partial charge in [0.1, 0.15) is 5.82 Å². The molecule has 0 bridgehead atoms. The minimum atomic E-state index is -0.257. The number of hydrogen-bond acceptors (Lipinski definition) is 6. The molecule has 0 saturated heterocycles. The first-order valence-electron chi connectivity index (χ1n) is 8.82. The maximum Gasteiger partial charge on any atom is 0.254 e. The Hall–Kier alpha value is -3.74. The molecule has 0 saturated carbocycles. The van der Waals surface area contributed by atoms with E-state index >= 15 is 0 Å². The second-order valence-corrected chi connectivity index (χ2v) is 6.90. The number of anilines is 1. The molecule has 0 radical (unpaired) electrons. The standard InChI is InChI=1S/C21H14N4O3/c1-10-9-16(26)25(24-10)21-15-8-7-14-17(18(15)22-11(2)23-21)20(28)13-6-4-3-5-12(13)19(14)27/h3-8H,9H2,1-2H3. The van der Waals surface area contributed by atoms with Crippen LogP contribution < -0.4 is 5.01 Å². The Morgan fingerprint density at radius 3 is 2.25 bits per heavy atom. The highest BCUT2D eigenvalue weighted by atomic mass is 16.2. The molecule has 0 fully saturated rings. The van der Waals surface area contributed by atoms with E-state index in [0.717, 1.165) is 0 Å². The van der Waals surface area contributed by atoms with Gasteiger partial charge in [0.2, 0.25) is 0 Å². The molecule has 0 N–H and O–H groups in total. The molecule has 136 valence electrons. The summed E-state index contributed by atoms with van der Waals surface area (Å²) in [5.41, 5.74) is 2.36. The van der Waals surface area contributed by atoms with E-state index in [1.165, 1.54) is 5.01 Å². The van der Waals surface area contributed by atoms with Gasteiger partial charge in [0.05, 0.1) is 17.5 Å². The number of aromatic nitrogens is 2. The largest absolute Gasteiger partial charge is 0.289 e. The van der Waals surface area contributed by atoms with Crippen LogP contribution in [0.1, 0.15) is 51.0 Å². The summed E-state index contributed by atoms with van der Waals surface area (Å²) in [5, 5.41) is 6.03. The predicted octanol–water partition coefficient (Wildman–Crippen LogP) is 2.83. The Bertz CT molecular complexity index is 1280. The van der Waals surface area contributed by atoms with Gasteiger partial charge < -0.3 is 0 Å². The normalized spacial score (nSPS) is 15.7. The summed E-state index contributed by atoms with van der Waals surface area (Å²) in [4.78, 5) is 47.3. The zero-order valence-electron chi connectivity index (χ0n) is 15.2. The van der Waals surface area contributed by atoms with Gasteiger partial charge in [-0.2, -0.15) is 10.1 Å². The van der Waals surface area contributed by atoms with Crippen LogP contribution in [0, 0.1) is 6.92 Å². The lowest BCUT2D eigenvalue weighted by Crippen LogP contribution is -2.24. The van der Waals surface area contributed by atoms with E-state index in [1.807, 2.05) is 0 Å². The average molecular weight is 370 g/mol. The lowest BCUT2D eigenvalue weighted by molar-refractivity contribution is -0.116. The fraction of sp³-hybridized carbons (Fsp3) is 0.143. The van der Waals surface area contributed by atoms with Crippen LogP contribution in [0.4, 0.5) is 5.82 Å². The van der Waals surface area contributed by atoms with Crippen LogP contribution in [0.5, 0.6) is 0 Å². The fourth-order valence-corrected chi connectivity index (χ4v) is 3.75. The maximum atomic E-state index is 13.2. The van der Waals surface area contributed by atoms with Crippen molar-refractivity contribution < 1.29 is 14.4 Å². The van der Waals surface area contributed by atoms with Crippen molar-refractivity contribution in [2.45, 2.75) is 20.3 Å². The van der Waals surface area contributed by atoms with Gasteiger partial charge in [-0.3, -0.25) is 14.4 Å². The van der Waals surface area contributed by atoms with Crippen molar-refractivity contribution in [3.8, 4) is 0 Å². The molecular formula is C21H14N4O3. The van der Waals surface area contributed by atoms with Crippen LogP contribution in [-0.2, 0) is 4.79 Å². The van der Waals surface area contributed by atoms with Crippen molar-refractivity contribution in [1.29, 1.82) is 0 Å². The first-order chi connectivity index (χ1) is 13.5. The number of fused-ring (bicyclic) bond motifs is 4. The van der Waals surface area contributed by atoms with Crippen LogP contribution in [0.3, 0.4) is 0 Å². The van der Waals surface area contributed by atoms with Gasteiger partial charge in [0.25, 0.3) is 5.91 Å². The highest BCUT2D eigenvalue weighted by molar-refractivity contribution is 6.32. The Morgan fingerprint density at radius 2 is 1.57 bits per heavy atom. The van der Waals surface area contributed by atoms with Crippen LogP contribution in [0.15, 0.2) is 41.5 Å². The first-order valence-corrected chi connectivity index (χ1v) is 8.82. The Kier molecular flexibility index (Phi) is 3.30.